The van der Waals surface area contributed by atoms with Crippen LogP contribution in [0.5, 0.6) is 5.75 Å². The molecule has 1 aromatic heterocycles. The molecular formula is C24H25ClF2N4O3. The largest absolute Gasteiger partial charge is 0.489 e. The highest BCUT2D eigenvalue weighted by atomic mass is 35.5. The van der Waals surface area contributed by atoms with E-state index in [1.165, 1.54) is 0 Å². The molecule has 0 saturated heterocycles. The molecule has 1 amide bonds. The van der Waals surface area contributed by atoms with Crippen molar-refractivity contribution in [3.63, 3.8) is 0 Å². The van der Waals surface area contributed by atoms with Crippen LogP contribution in [0.4, 0.5) is 8.78 Å². The van der Waals surface area contributed by atoms with E-state index in [2.05, 4.69) is 10.3 Å². The van der Waals surface area contributed by atoms with E-state index in [0.717, 1.165) is 23.3 Å². The number of nitrogens with one attached hydrogen (secondary N) is 2. The monoisotopic (exact) mass is 490 g/mol. The highest BCUT2D eigenvalue weighted by Crippen LogP contribution is 2.29. The Labute approximate surface area is 202 Å². The third-order valence-corrected chi connectivity index (χ3v) is 4.75. The number of hydrogen-bond acceptors (Lipinski definition) is 5. The van der Waals surface area contributed by atoms with Gasteiger partial charge >= 0.3 is 0 Å². The molecule has 34 heavy (non-hydrogen) atoms. The summed E-state index contributed by atoms with van der Waals surface area (Å²) in [7, 11) is 0. The molecule has 10 heteroatoms. The Balaban J connectivity index is 0.00000408. The third kappa shape index (κ3) is 6.97. The Morgan fingerprint density at radius 1 is 1.15 bits per heavy atom. The highest BCUT2D eigenvalue weighted by Gasteiger charge is 2.28. The number of ether oxygens (including phenoxy) is 2. The molecule has 180 valence electrons. The van der Waals surface area contributed by atoms with Crippen molar-refractivity contribution in [2.75, 3.05) is 6.61 Å². The molecule has 0 spiro atoms. The van der Waals surface area contributed by atoms with Gasteiger partial charge in [-0.1, -0.05) is 30.3 Å². The van der Waals surface area contributed by atoms with E-state index >= 15 is 0 Å². The van der Waals surface area contributed by atoms with Crippen LogP contribution >= 0.6 is 12.4 Å². The van der Waals surface area contributed by atoms with Crippen LogP contribution in [0.3, 0.4) is 0 Å². The summed E-state index contributed by atoms with van der Waals surface area (Å²) in [5.41, 5.74) is 6.95. The number of halogens is 3. The molecule has 0 aliphatic carbocycles. The third-order valence-electron chi connectivity index (χ3n) is 4.75. The van der Waals surface area contributed by atoms with E-state index in [1.807, 2.05) is 0 Å². The van der Waals surface area contributed by atoms with Gasteiger partial charge < -0.3 is 20.5 Å². The second-order valence-corrected chi connectivity index (χ2v) is 7.11. The number of benzene rings is 2. The van der Waals surface area contributed by atoms with E-state index < -0.39 is 29.2 Å². The van der Waals surface area contributed by atoms with Crippen LogP contribution in [0.15, 0.2) is 60.9 Å². The number of hydrogen-bond donors (Lipinski definition) is 3. The van der Waals surface area contributed by atoms with Gasteiger partial charge in [0.2, 0.25) is 0 Å². The fraction of sp³-hybridized carbons (Fsp3) is 0.208. The first kappa shape index (κ1) is 26.7. The number of aromatic nitrogens is 1. The van der Waals surface area contributed by atoms with E-state index in [9.17, 15) is 13.6 Å². The average molecular weight is 491 g/mol. The van der Waals surface area contributed by atoms with Gasteiger partial charge in [-0.2, -0.15) is 0 Å². The topological polar surface area (TPSA) is 110 Å². The lowest BCUT2D eigenvalue weighted by molar-refractivity contribution is -0.133. The Morgan fingerprint density at radius 2 is 1.82 bits per heavy atom. The van der Waals surface area contributed by atoms with Crippen LogP contribution in [0.2, 0.25) is 0 Å². The molecular weight excluding hydrogens is 466 g/mol. The highest BCUT2D eigenvalue weighted by molar-refractivity contribution is 5.94. The van der Waals surface area contributed by atoms with Crippen LogP contribution < -0.4 is 15.8 Å². The second kappa shape index (κ2) is 12.6. The fourth-order valence-electron chi connectivity index (χ4n) is 3.09. The Morgan fingerprint density at radius 3 is 2.38 bits per heavy atom. The summed E-state index contributed by atoms with van der Waals surface area (Å²) >= 11 is 0. The number of rotatable bonds is 10. The maximum absolute atomic E-state index is 14.8. The summed E-state index contributed by atoms with van der Waals surface area (Å²) in [5, 5.41) is 10.0. The van der Waals surface area contributed by atoms with Crippen molar-refractivity contribution >= 4 is 24.1 Å². The molecule has 0 saturated carbocycles. The molecule has 3 rings (SSSR count). The molecule has 4 N–H and O–H groups in total. The summed E-state index contributed by atoms with van der Waals surface area (Å²) in [6, 6.07) is 12.2. The fourth-order valence-corrected chi connectivity index (χ4v) is 3.09. The lowest BCUT2D eigenvalue weighted by atomic mass is 10.1. The Kier molecular flexibility index (Phi) is 9.91. The normalized spacial score (nSPS) is 11.3. The molecule has 1 unspecified atom stereocenters. The number of pyridine rings is 1. The molecule has 2 aromatic carbocycles. The number of nitrogens with zero attached hydrogens (tertiary/aromatic N) is 1. The summed E-state index contributed by atoms with van der Waals surface area (Å²) in [6.45, 7) is 1.89. The minimum absolute atomic E-state index is 0. The number of nitrogens with two attached hydrogens (primary N) is 1. The zero-order valence-corrected chi connectivity index (χ0v) is 19.2. The molecule has 0 aliphatic heterocycles. The second-order valence-electron chi connectivity index (χ2n) is 7.11. The van der Waals surface area contributed by atoms with Gasteiger partial charge in [-0.3, -0.25) is 15.2 Å². The standard InChI is InChI=1S/C24H24F2N4O3.ClH/c1-2-32-22(24(31)30-13-15-5-7-17(8-6-15)23(27)28)21-19(25)10-18(11-20(21)26)33-14-16-4-3-9-29-12-16;/h3-12,22H,2,13-14H2,1H3,(H3,27,28)(H,30,31);1H. The number of amidine groups is 1. The van der Waals surface area contributed by atoms with Gasteiger partial charge in [0.25, 0.3) is 5.91 Å². The van der Waals surface area contributed by atoms with Gasteiger partial charge in [-0.25, -0.2) is 8.78 Å². The van der Waals surface area contributed by atoms with E-state index in [1.54, 1.807) is 55.7 Å². The van der Waals surface area contributed by atoms with E-state index in [0.29, 0.717) is 5.56 Å². The molecule has 0 aliphatic rings. The number of amides is 1. The number of nitrogen functional groups attached to an aromatic ring is 1. The molecule has 0 fully saturated rings. The zero-order valence-electron chi connectivity index (χ0n) is 18.4. The molecule has 1 atom stereocenters. The molecule has 7 nitrogen and oxygen atoms in total. The van der Waals surface area contributed by atoms with Crippen molar-refractivity contribution in [2.45, 2.75) is 26.2 Å². The van der Waals surface area contributed by atoms with Crippen molar-refractivity contribution < 1.29 is 23.0 Å². The zero-order chi connectivity index (χ0) is 23.8. The lowest BCUT2D eigenvalue weighted by Gasteiger charge is -2.19. The average Bonchev–Trinajstić information content (AvgIpc) is 2.81. The van der Waals surface area contributed by atoms with Crippen molar-refractivity contribution in [3.05, 3.63) is 94.8 Å². The number of carbonyl (C=O) groups is 1. The van der Waals surface area contributed by atoms with Crippen LogP contribution in [0.25, 0.3) is 0 Å². The minimum Gasteiger partial charge on any atom is -0.489 e. The first-order valence-corrected chi connectivity index (χ1v) is 10.2. The predicted molar refractivity (Wildman–Crippen MR) is 126 cm³/mol. The maximum atomic E-state index is 14.8. The summed E-state index contributed by atoms with van der Waals surface area (Å²) in [5.74, 6) is -2.67. The minimum atomic E-state index is -1.47. The van der Waals surface area contributed by atoms with Crippen LogP contribution in [-0.4, -0.2) is 23.3 Å². The van der Waals surface area contributed by atoms with Gasteiger partial charge in [0.1, 0.15) is 29.8 Å². The van der Waals surface area contributed by atoms with Gasteiger partial charge in [0.05, 0.1) is 5.56 Å². The van der Waals surface area contributed by atoms with Gasteiger partial charge in [0.15, 0.2) is 6.10 Å². The molecule has 1 heterocycles. The molecule has 0 bridgehead atoms. The summed E-state index contributed by atoms with van der Waals surface area (Å²) < 4.78 is 40.5. The SMILES string of the molecule is CCOC(C(=O)NCc1ccc(C(=N)N)cc1)c1c(F)cc(OCc2cccnc2)cc1F.Cl. The smallest absolute Gasteiger partial charge is 0.254 e. The first-order valence-electron chi connectivity index (χ1n) is 10.2. The Bertz CT molecular complexity index is 1090. The molecule has 0 radical (unpaired) electrons. The van der Waals surface area contributed by atoms with Gasteiger partial charge in [-0.15, -0.1) is 12.4 Å². The van der Waals surface area contributed by atoms with Crippen molar-refractivity contribution in [3.8, 4) is 5.75 Å². The predicted octanol–water partition coefficient (Wildman–Crippen LogP) is 4.04. The lowest BCUT2D eigenvalue weighted by Crippen LogP contribution is -2.31. The summed E-state index contributed by atoms with van der Waals surface area (Å²) in [6.07, 6.45) is 1.72. The van der Waals surface area contributed by atoms with Crippen molar-refractivity contribution in [2.24, 2.45) is 5.73 Å². The number of carbonyl (C=O) groups excluding carboxylic acids is 1. The van der Waals surface area contributed by atoms with Crippen molar-refractivity contribution in [1.29, 1.82) is 5.41 Å². The maximum Gasteiger partial charge on any atom is 0.254 e. The summed E-state index contributed by atoms with van der Waals surface area (Å²) in [4.78, 5) is 16.7. The van der Waals surface area contributed by atoms with Crippen LogP contribution in [0, 0.1) is 17.0 Å². The Hall–Kier alpha value is -3.56. The van der Waals surface area contributed by atoms with Crippen LogP contribution in [-0.2, 0) is 22.7 Å². The first-order chi connectivity index (χ1) is 15.9. The van der Waals surface area contributed by atoms with E-state index in [4.69, 9.17) is 20.6 Å². The molecule has 3 aromatic rings. The van der Waals surface area contributed by atoms with Crippen molar-refractivity contribution in [1.82, 2.24) is 10.3 Å². The van der Waals surface area contributed by atoms with E-state index in [-0.39, 0.29) is 43.8 Å². The van der Waals surface area contributed by atoms with Gasteiger partial charge in [0, 0.05) is 48.8 Å². The quantitative estimate of drug-likeness (QED) is 0.293. The van der Waals surface area contributed by atoms with Crippen LogP contribution in [0.1, 0.15) is 35.3 Å². The van der Waals surface area contributed by atoms with Gasteiger partial charge in [-0.05, 0) is 18.6 Å².